The van der Waals surface area contributed by atoms with Crippen LogP contribution in [-0.4, -0.2) is 38.7 Å². The van der Waals surface area contributed by atoms with Crippen LogP contribution >= 0.6 is 0 Å². The monoisotopic (exact) mass is 223 g/mol. The maximum atomic E-state index is 5.32. The Morgan fingerprint density at radius 3 is 2.38 bits per heavy atom. The SMILES string of the molecule is O.[Sn][CH]1CCCCO1. The van der Waals surface area contributed by atoms with Crippen molar-refractivity contribution in [2.75, 3.05) is 6.61 Å². The Morgan fingerprint density at radius 1 is 1.38 bits per heavy atom. The van der Waals surface area contributed by atoms with E-state index in [1.807, 2.05) is 0 Å². The molecule has 0 aromatic heterocycles. The first-order valence-electron chi connectivity index (χ1n) is 2.72. The predicted octanol–water partition coefficient (Wildman–Crippen LogP) is -0.143. The second-order valence-electron chi connectivity index (χ2n) is 1.86. The summed E-state index contributed by atoms with van der Waals surface area (Å²) in [5.74, 6) is 0. The fourth-order valence-corrected chi connectivity index (χ4v) is 1.66. The number of hydrogen-bond acceptors (Lipinski definition) is 1. The van der Waals surface area contributed by atoms with E-state index in [-0.39, 0.29) is 5.48 Å². The summed E-state index contributed by atoms with van der Waals surface area (Å²) in [6.45, 7) is 1.01. The second-order valence-corrected chi connectivity index (χ2v) is 3.69. The summed E-state index contributed by atoms with van der Waals surface area (Å²) in [4.78, 5) is 0. The normalized spacial score (nSPS) is 28.9. The Balaban J connectivity index is 0.000000490. The molecule has 47 valence electrons. The van der Waals surface area contributed by atoms with Crippen LogP contribution in [0.4, 0.5) is 0 Å². The summed E-state index contributed by atoms with van der Waals surface area (Å²) >= 11 is 1.55. The van der Waals surface area contributed by atoms with Crippen LogP contribution in [0.1, 0.15) is 19.3 Å². The van der Waals surface area contributed by atoms with Gasteiger partial charge in [-0.2, -0.15) is 0 Å². The molecule has 0 amide bonds. The van der Waals surface area contributed by atoms with Crippen LogP contribution in [0.2, 0.25) is 0 Å². The van der Waals surface area contributed by atoms with Gasteiger partial charge in [0, 0.05) is 0 Å². The molecule has 1 heterocycles. The van der Waals surface area contributed by atoms with E-state index in [1.165, 1.54) is 19.3 Å². The Bertz CT molecular complexity index is 52.4. The standard InChI is InChI=1S/C5H9O.H2O.Sn/c1-2-4-6-5-3-1;;/h4H,1-3,5H2;1H2;. The van der Waals surface area contributed by atoms with Crippen LogP contribution in [0, 0.1) is 0 Å². The zero-order chi connectivity index (χ0) is 5.11. The van der Waals surface area contributed by atoms with Crippen LogP contribution in [0.15, 0.2) is 0 Å². The Labute approximate surface area is 63.0 Å². The predicted molar refractivity (Wildman–Crippen MR) is 33.0 cm³/mol. The molecular weight excluding hydrogens is 211 g/mol. The Kier molecular flexibility index (Phi) is 5.00. The first kappa shape index (κ1) is 8.72. The van der Waals surface area contributed by atoms with Crippen molar-refractivity contribution in [3.63, 3.8) is 0 Å². The third kappa shape index (κ3) is 2.89. The minimum atomic E-state index is 0. The number of ether oxygens (including phenoxy) is 1. The molecule has 2 nitrogen and oxygen atoms in total. The Hall–Kier alpha value is 0.719. The molecule has 1 saturated heterocycles. The van der Waals surface area contributed by atoms with Gasteiger partial charge in [0.2, 0.25) is 0 Å². The second kappa shape index (κ2) is 4.58. The average Bonchev–Trinajstić information content (AvgIpc) is 1.69. The third-order valence-corrected chi connectivity index (χ3v) is 2.48. The minimum absolute atomic E-state index is 0. The van der Waals surface area contributed by atoms with Crippen LogP contribution in [0.25, 0.3) is 0 Å². The van der Waals surface area contributed by atoms with Crippen molar-refractivity contribution in [3.8, 4) is 0 Å². The fraction of sp³-hybridized carbons (Fsp3) is 1.00. The average molecular weight is 222 g/mol. The molecule has 0 aromatic carbocycles. The van der Waals surface area contributed by atoms with Gasteiger partial charge in [-0.1, -0.05) is 0 Å². The first-order valence-corrected chi connectivity index (χ1v) is 4.37. The molecule has 0 aliphatic carbocycles. The van der Waals surface area contributed by atoms with Crippen LogP contribution in [0.3, 0.4) is 0 Å². The topological polar surface area (TPSA) is 40.7 Å². The molecule has 1 aliphatic heterocycles. The van der Waals surface area contributed by atoms with Gasteiger partial charge >= 0.3 is 57.3 Å². The van der Waals surface area contributed by atoms with Gasteiger partial charge in [-0.05, 0) is 0 Å². The van der Waals surface area contributed by atoms with Crippen molar-refractivity contribution in [1.29, 1.82) is 0 Å². The van der Waals surface area contributed by atoms with Crippen LogP contribution in [0.5, 0.6) is 0 Å². The van der Waals surface area contributed by atoms with Gasteiger partial charge in [0.05, 0.1) is 0 Å². The summed E-state index contributed by atoms with van der Waals surface area (Å²) in [5.41, 5.74) is 0. The zero-order valence-electron chi connectivity index (χ0n) is 4.81. The molecule has 8 heavy (non-hydrogen) atoms. The van der Waals surface area contributed by atoms with E-state index in [0.29, 0.717) is 4.12 Å². The third-order valence-electron chi connectivity index (χ3n) is 1.18. The molecule has 0 bridgehead atoms. The van der Waals surface area contributed by atoms with E-state index in [2.05, 4.69) is 0 Å². The number of hydrogen-bond donors (Lipinski definition) is 0. The fourth-order valence-electron chi connectivity index (χ4n) is 0.741. The molecule has 2 N–H and O–H groups in total. The molecule has 1 unspecified atom stereocenters. The summed E-state index contributed by atoms with van der Waals surface area (Å²) in [6.07, 6.45) is 3.97. The summed E-state index contributed by atoms with van der Waals surface area (Å²) in [6, 6.07) is 0. The van der Waals surface area contributed by atoms with Gasteiger partial charge in [0.15, 0.2) is 0 Å². The van der Waals surface area contributed by atoms with Crippen molar-refractivity contribution in [2.45, 2.75) is 23.4 Å². The number of rotatable bonds is 0. The zero-order valence-corrected chi connectivity index (χ0v) is 7.67. The molecule has 1 rings (SSSR count). The quantitative estimate of drug-likeness (QED) is 0.525. The molecule has 0 aromatic rings. The summed E-state index contributed by atoms with van der Waals surface area (Å²) in [5, 5.41) is 0. The molecular formula is C5H11O2Sn. The van der Waals surface area contributed by atoms with Gasteiger partial charge < -0.3 is 5.48 Å². The summed E-state index contributed by atoms with van der Waals surface area (Å²) in [7, 11) is 0. The molecule has 0 saturated carbocycles. The van der Waals surface area contributed by atoms with Crippen LogP contribution < -0.4 is 0 Å². The van der Waals surface area contributed by atoms with Gasteiger partial charge in [-0.25, -0.2) is 0 Å². The van der Waals surface area contributed by atoms with Crippen LogP contribution in [-0.2, 0) is 4.74 Å². The van der Waals surface area contributed by atoms with E-state index in [1.54, 1.807) is 22.5 Å². The summed E-state index contributed by atoms with van der Waals surface area (Å²) < 4.78 is 5.94. The van der Waals surface area contributed by atoms with E-state index in [4.69, 9.17) is 4.74 Å². The molecule has 1 aliphatic rings. The van der Waals surface area contributed by atoms with Gasteiger partial charge in [-0.3, -0.25) is 0 Å². The van der Waals surface area contributed by atoms with Gasteiger partial charge in [0.25, 0.3) is 0 Å². The van der Waals surface area contributed by atoms with Crippen molar-refractivity contribution < 1.29 is 10.2 Å². The molecule has 1 fully saturated rings. The van der Waals surface area contributed by atoms with E-state index < -0.39 is 0 Å². The van der Waals surface area contributed by atoms with E-state index in [0.717, 1.165) is 6.61 Å². The molecule has 0 spiro atoms. The molecule has 3 heteroatoms. The van der Waals surface area contributed by atoms with E-state index >= 15 is 0 Å². The van der Waals surface area contributed by atoms with Crippen molar-refractivity contribution in [1.82, 2.24) is 0 Å². The molecule has 3 radical (unpaired) electrons. The molecule has 1 atom stereocenters. The first-order chi connectivity index (χ1) is 3.39. The van der Waals surface area contributed by atoms with Crippen molar-refractivity contribution in [3.05, 3.63) is 0 Å². The Morgan fingerprint density at radius 2 is 2.12 bits per heavy atom. The van der Waals surface area contributed by atoms with Gasteiger partial charge in [-0.15, -0.1) is 0 Å². The van der Waals surface area contributed by atoms with E-state index in [9.17, 15) is 0 Å². The van der Waals surface area contributed by atoms with Gasteiger partial charge in [0.1, 0.15) is 0 Å². The van der Waals surface area contributed by atoms with Crippen molar-refractivity contribution in [2.24, 2.45) is 0 Å². The van der Waals surface area contributed by atoms with Crippen molar-refractivity contribution >= 4 is 22.5 Å². The maximum absolute atomic E-state index is 5.32.